The van der Waals surface area contributed by atoms with Crippen LogP contribution in [0.2, 0.25) is 0 Å². The Morgan fingerprint density at radius 2 is 1.87 bits per heavy atom. The van der Waals surface area contributed by atoms with Crippen LogP contribution in [0.3, 0.4) is 0 Å². The van der Waals surface area contributed by atoms with E-state index in [1.165, 1.54) is 16.5 Å². The molecule has 1 saturated heterocycles. The van der Waals surface area contributed by atoms with E-state index < -0.39 is 16.0 Å². The van der Waals surface area contributed by atoms with Crippen LogP contribution in [-0.2, 0) is 24.3 Å². The van der Waals surface area contributed by atoms with E-state index in [9.17, 15) is 18.0 Å². The number of aryl methyl sites for hydroxylation is 1. The van der Waals surface area contributed by atoms with Crippen molar-refractivity contribution < 1.29 is 27.5 Å². The number of benzene rings is 1. The molecule has 9 heteroatoms. The minimum atomic E-state index is -3.64. The number of allylic oxidation sites excluding steroid dienone is 1. The van der Waals surface area contributed by atoms with Gasteiger partial charge in [0.2, 0.25) is 15.8 Å². The van der Waals surface area contributed by atoms with Crippen LogP contribution in [-0.4, -0.2) is 62.0 Å². The second-order valence-corrected chi connectivity index (χ2v) is 9.10. The van der Waals surface area contributed by atoms with Gasteiger partial charge in [0.25, 0.3) is 0 Å². The Bertz CT molecular complexity index is 1110. The molecule has 2 heterocycles. The van der Waals surface area contributed by atoms with E-state index in [0.29, 0.717) is 43.2 Å². The Morgan fingerprint density at radius 1 is 1.16 bits per heavy atom. The van der Waals surface area contributed by atoms with Gasteiger partial charge in [-0.15, -0.1) is 0 Å². The molecule has 2 aromatic rings. The van der Waals surface area contributed by atoms with Crippen molar-refractivity contribution in [3.8, 4) is 5.69 Å². The largest absolute Gasteiger partial charge is 0.454 e. The van der Waals surface area contributed by atoms with Crippen LogP contribution in [0.5, 0.6) is 0 Å². The second kappa shape index (κ2) is 9.59. The zero-order chi connectivity index (χ0) is 22.6. The number of morpholine rings is 1. The van der Waals surface area contributed by atoms with Crippen LogP contribution < -0.4 is 0 Å². The summed E-state index contributed by atoms with van der Waals surface area (Å²) in [6, 6.07) is 8.35. The second-order valence-electron chi connectivity index (χ2n) is 7.16. The number of ether oxygens (including phenoxy) is 2. The fraction of sp³-hybridized carbons (Fsp3) is 0.364. The van der Waals surface area contributed by atoms with Gasteiger partial charge in [0.1, 0.15) is 0 Å². The van der Waals surface area contributed by atoms with Gasteiger partial charge >= 0.3 is 5.97 Å². The first-order valence-corrected chi connectivity index (χ1v) is 11.4. The van der Waals surface area contributed by atoms with Crippen molar-refractivity contribution in [2.75, 3.05) is 32.9 Å². The normalized spacial score (nSPS) is 15.3. The van der Waals surface area contributed by atoms with Crippen LogP contribution >= 0.6 is 0 Å². The van der Waals surface area contributed by atoms with Crippen LogP contribution in [0.25, 0.3) is 5.69 Å². The molecule has 0 saturated carbocycles. The third kappa shape index (κ3) is 4.95. The van der Waals surface area contributed by atoms with Gasteiger partial charge in [-0.05, 0) is 45.0 Å². The summed E-state index contributed by atoms with van der Waals surface area (Å²) in [4.78, 5) is 24.2. The molecule has 1 aromatic heterocycles. The molecule has 31 heavy (non-hydrogen) atoms. The third-order valence-corrected chi connectivity index (χ3v) is 6.96. The van der Waals surface area contributed by atoms with Crippen LogP contribution in [0, 0.1) is 13.8 Å². The molecule has 0 bridgehead atoms. The molecule has 1 aliphatic heterocycles. The summed E-state index contributed by atoms with van der Waals surface area (Å²) in [5.41, 5.74) is 2.47. The van der Waals surface area contributed by atoms with Crippen LogP contribution in [0.15, 0.2) is 47.4 Å². The molecule has 0 radical (unpaired) electrons. The molecule has 1 aliphatic rings. The summed E-state index contributed by atoms with van der Waals surface area (Å²) in [5.74, 6) is -0.903. The first-order chi connectivity index (χ1) is 14.8. The Kier molecular flexibility index (Phi) is 7.09. The summed E-state index contributed by atoms with van der Waals surface area (Å²) < 4.78 is 39.5. The highest BCUT2D eigenvalue weighted by Gasteiger charge is 2.27. The predicted octanol–water partition coefficient (Wildman–Crippen LogP) is 2.42. The van der Waals surface area contributed by atoms with Gasteiger partial charge in [-0.3, -0.25) is 4.79 Å². The van der Waals surface area contributed by atoms with Gasteiger partial charge in [-0.25, -0.2) is 13.2 Å². The number of sulfonamides is 1. The number of esters is 1. The molecule has 8 nitrogen and oxygen atoms in total. The molecular weight excluding hydrogens is 420 g/mol. The van der Waals surface area contributed by atoms with Crippen molar-refractivity contribution >= 4 is 21.8 Å². The highest BCUT2D eigenvalue weighted by Crippen LogP contribution is 2.25. The van der Waals surface area contributed by atoms with Crippen molar-refractivity contribution in [3.05, 3.63) is 59.4 Å². The maximum atomic E-state index is 13.0. The number of Topliss-reactive ketones (excluding diaryl/α,β-unsaturated/α-hetero) is 1. The highest BCUT2D eigenvalue weighted by atomic mass is 32.2. The lowest BCUT2D eigenvalue weighted by atomic mass is 10.1. The summed E-state index contributed by atoms with van der Waals surface area (Å²) in [5, 5.41) is 0. The lowest BCUT2D eigenvalue weighted by Crippen LogP contribution is -2.40. The maximum Gasteiger partial charge on any atom is 0.330 e. The Labute approximate surface area is 182 Å². The first-order valence-electron chi connectivity index (χ1n) is 9.95. The standard InChI is InChI=1S/C22H26N2O6S/c1-4-6-22(26)30-15-21(25)20-13-16(2)24(17(20)3)18-7-5-8-19(14-18)31(27,28)23-9-11-29-12-10-23/h4-8,13-14H,9-12,15H2,1-3H3/b6-4+. The van der Waals surface area contributed by atoms with E-state index in [-0.39, 0.29) is 17.3 Å². The van der Waals surface area contributed by atoms with Gasteiger partial charge in [0.05, 0.1) is 18.1 Å². The number of carbonyl (C=O) groups excluding carboxylic acids is 2. The monoisotopic (exact) mass is 446 g/mol. The molecule has 1 aromatic carbocycles. The van der Waals surface area contributed by atoms with E-state index in [1.807, 2.05) is 11.5 Å². The Hall–Kier alpha value is -2.75. The van der Waals surface area contributed by atoms with E-state index in [4.69, 9.17) is 9.47 Å². The number of rotatable bonds is 7. The van der Waals surface area contributed by atoms with Crippen LogP contribution in [0.1, 0.15) is 28.7 Å². The van der Waals surface area contributed by atoms with Gasteiger partial charge in [0, 0.05) is 41.8 Å². The number of hydrogen-bond donors (Lipinski definition) is 0. The number of aromatic nitrogens is 1. The Morgan fingerprint density at radius 3 is 2.55 bits per heavy atom. The zero-order valence-electron chi connectivity index (χ0n) is 17.8. The lowest BCUT2D eigenvalue weighted by Gasteiger charge is -2.26. The van der Waals surface area contributed by atoms with Crippen molar-refractivity contribution in [2.24, 2.45) is 0 Å². The van der Waals surface area contributed by atoms with Crippen molar-refractivity contribution in [1.29, 1.82) is 0 Å². The molecule has 0 N–H and O–H groups in total. The number of ketones is 1. The summed E-state index contributed by atoms with van der Waals surface area (Å²) in [7, 11) is -3.64. The predicted molar refractivity (Wildman–Crippen MR) is 115 cm³/mol. The SMILES string of the molecule is C/C=C/C(=O)OCC(=O)c1cc(C)n(-c2cccc(S(=O)(=O)N3CCOCC3)c2)c1C. The van der Waals surface area contributed by atoms with Crippen molar-refractivity contribution in [2.45, 2.75) is 25.7 Å². The smallest absolute Gasteiger partial charge is 0.330 e. The quantitative estimate of drug-likeness (QED) is 0.368. The van der Waals surface area contributed by atoms with Crippen LogP contribution in [0.4, 0.5) is 0 Å². The summed E-state index contributed by atoms with van der Waals surface area (Å²) >= 11 is 0. The molecular formula is C22H26N2O6S. The number of hydrogen-bond acceptors (Lipinski definition) is 6. The zero-order valence-corrected chi connectivity index (χ0v) is 18.6. The van der Waals surface area contributed by atoms with Gasteiger partial charge in [-0.2, -0.15) is 4.31 Å². The number of carbonyl (C=O) groups is 2. The summed E-state index contributed by atoms with van der Waals surface area (Å²) in [6.07, 6.45) is 2.79. The highest BCUT2D eigenvalue weighted by molar-refractivity contribution is 7.89. The minimum Gasteiger partial charge on any atom is -0.454 e. The molecule has 0 atom stereocenters. The molecule has 166 valence electrons. The molecule has 0 aliphatic carbocycles. The van der Waals surface area contributed by atoms with E-state index in [2.05, 4.69) is 0 Å². The average Bonchev–Trinajstić information content (AvgIpc) is 3.07. The molecule has 0 amide bonds. The molecule has 1 fully saturated rings. The summed E-state index contributed by atoms with van der Waals surface area (Å²) in [6.45, 7) is 6.31. The fourth-order valence-corrected chi connectivity index (χ4v) is 5.01. The molecule has 0 unspecified atom stereocenters. The van der Waals surface area contributed by atoms with Gasteiger partial charge in [-0.1, -0.05) is 12.1 Å². The van der Waals surface area contributed by atoms with Gasteiger partial charge < -0.3 is 14.0 Å². The fourth-order valence-electron chi connectivity index (χ4n) is 3.56. The first kappa shape index (κ1) is 22.9. The van der Waals surface area contributed by atoms with Crippen molar-refractivity contribution in [3.63, 3.8) is 0 Å². The Balaban J connectivity index is 1.89. The maximum absolute atomic E-state index is 13.0. The lowest BCUT2D eigenvalue weighted by molar-refractivity contribution is -0.136. The van der Waals surface area contributed by atoms with E-state index in [0.717, 1.165) is 5.69 Å². The third-order valence-electron chi connectivity index (χ3n) is 5.06. The topological polar surface area (TPSA) is 94.9 Å². The minimum absolute atomic E-state index is 0.188. The molecule has 0 spiro atoms. The average molecular weight is 447 g/mol. The van der Waals surface area contributed by atoms with Gasteiger partial charge in [0.15, 0.2) is 6.61 Å². The number of nitrogens with zero attached hydrogens (tertiary/aromatic N) is 2. The molecule has 3 rings (SSSR count). The van der Waals surface area contributed by atoms with E-state index in [1.54, 1.807) is 44.2 Å². The van der Waals surface area contributed by atoms with E-state index >= 15 is 0 Å². The van der Waals surface area contributed by atoms with Crippen molar-refractivity contribution in [1.82, 2.24) is 8.87 Å².